The molecule has 0 spiro atoms. The fourth-order valence-electron chi connectivity index (χ4n) is 5.55. The van der Waals surface area contributed by atoms with E-state index in [2.05, 4.69) is 5.32 Å². The SMILES string of the molecule is COCCN1CC(=O)N[C@H]2CN(C(=O)c3ccccc3SC)C[C@@H]2OCc2cccc(c2)Oc2cc(ccc2OC)CCC1=O. The Balaban J connectivity index is 1.43. The van der Waals surface area contributed by atoms with Gasteiger partial charge in [-0.15, -0.1) is 11.8 Å². The Morgan fingerprint density at radius 1 is 1.00 bits per heavy atom. The fraction of sp³-hybridized carbons (Fsp3) is 0.382. The van der Waals surface area contributed by atoms with Crippen LogP contribution in [0.25, 0.3) is 0 Å². The van der Waals surface area contributed by atoms with Crippen LogP contribution in [0.4, 0.5) is 0 Å². The second-order valence-corrected chi connectivity index (χ2v) is 11.8. The van der Waals surface area contributed by atoms with Gasteiger partial charge in [0.25, 0.3) is 5.91 Å². The molecule has 3 aromatic carbocycles. The number of carbonyl (C=O) groups excluding carboxylic acids is 3. The topological polar surface area (TPSA) is 107 Å². The van der Waals surface area contributed by atoms with Gasteiger partial charge in [0, 0.05) is 38.1 Å². The van der Waals surface area contributed by atoms with Crippen LogP contribution >= 0.6 is 11.8 Å². The molecule has 45 heavy (non-hydrogen) atoms. The van der Waals surface area contributed by atoms with Crippen molar-refractivity contribution in [2.45, 2.75) is 36.5 Å². The van der Waals surface area contributed by atoms with Gasteiger partial charge < -0.3 is 34.1 Å². The van der Waals surface area contributed by atoms with E-state index in [4.69, 9.17) is 18.9 Å². The largest absolute Gasteiger partial charge is 0.493 e. The van der Waals surface area contributed by atoms with Crippen LogP contribution in [-0.4, -0.2) is 92.9 Å². The summed E-state index contributed by atoms with van der Waals surface area (Å²) in [5.74, 6) is 1.11. The number of fused-ring (bicyclic) bond motifs is 5. The minimum absolute atomic E-state index is 0.119. The molecular weight excluding hydrogens is 594 g/mol. The van der Waals surface area contributed by atoms with Gasteiger partial charge in [0.15, 0.2) is 11.5 Å². The zero-order chi connectivity index (χ0) is 31.8. The van der Waals surface area contributed by atoms with E-state index in [0.717, 1.165) is 16.0 Å². The summed E-state index contributed by atoms with van der Waals surface area (Å²) < 4.78 is 23.4. The zero-order valence-corrected chi connectivity index (χ0v) is 26.6. The minimum atomic E-state index is -0.470. The number of aryl methyl sites for hydroxylation is 1. The molecule has 10 nitrogen and oxygen atoms in total. The number of rotatable bonds is 6. The van der Waals surface area contributed by atoms with Crippen molar-refractivity contribution in [3.63, 3.8) is 0 Å². The molecule has 3 amide bonds. The second-order valence-electron chi connectivity index (χ2n) is 11.0. The predicted molar refractivity (Wildman–Crippen MR) is 171 cm³/mol. The van der Waals surface area contributed by atoms with E-state index in [1.165, 1.54) is 16.7 Å². The summed E-state index contributed by atoms with van der Waals surface area (Å²) in [5, 5.41) is 3.06. The predicted octanol–water partition coefficient (Wildman–Crippen LogP) is 4.16. The lowest BCUT2D eigenvalue weighted by molar-refractivity contribution is -0.137. The number of ether oxygens (including phenoxy) is 4. The molecule has 1 N–H and O–H groups in total. The summed E-state index contributed by atoms with van der Waals surface area (Å²) >= 11 is 1.51. The molecule has 1 saturated heterocycles. The molecule has 1 fully saturated rings. The van der Waals surface area contributed by atoms with Crippen molar-refractivity contribution in [1.29, 1.82) is 0 Å². The van der Waals surface area contributed by atoms with Crippen LogP contribution in [0.1, 0.15) is 27.9 Å². The van der Waals surface area contributed by atoms with Crippen LogP contribution in [0.5, 0.6) is 17.2 Å². The standard InChI is InChI=1S/C34H39N3O7S/c1-41-16-15-36-21-32(38)35-27-19-37(34(40)26-9-4-5-10-31(26)45-3)20-30(27)43-22-24-7-6-8-25(17-24)44-29-18-23(12-14-33(36)39)11-13-28(29)42-2/h4-11,13,17-18,27,30H,12,14-16,19-22H2,1-3H3,(H,35,38)/t27-,30-/m0/s1. The maximum atomic E-state index is 13.6. The van der Waals surface area contributed by atoms with Crippen molar-refractivity contribution < 1.29 is 33.3 Å². The normalized spacial score (nSPS) is 19.2. The lowest BCUT2D eigenvalue weighted by Crippen LogP contribution is -2.49. The van der Waals surface area contributed by atoms with Crippen molar-refractivity contribution in [3.8, 4) is 17.2 Å². The molecule has 5 rings (SSSR count). The molecule has 0 saturated carbocycles. The first-order valence-electron chi connectivity index (χ1n) is 14.9. The quantitative estimate of drug-likeness (QED) is 0.404. The summed E-state index contributed by atoms with van der Waals surface area (Å²) in [4.78, 5) is 44.5. The maximum absolute atomic E-state index is 13.6. The van der Waals surface area contributed by atoms with E-state index in [9.17, 15) is 14.4 Å². The molecule has 238 valence electrons. The van der Waals surface area contributed by atoms with Crippen molar-refractivity contribution >= 4 is 29.5 Å². The van der Waals surface area contributed by atoms with Crippen LogP contribution in [0.3, 0.4) is 0 Å². The third kappa shape index (κ3) is 8.16. The van der Waals surface area contributed by atoms with E-state index in [1.807, 2.05) is 73.0 Å². The molecule has 2 aliphatic heterocycles. The molecule has 2 atom stereocenters. The molecule has 11 heteroatoms. The number of thioether (sulfide) groups is 1. The minimum Gasteiger partial charge on any atom is -0.493 e. The number of hydrogen-bond acceptors (Lipinski definition) is 8. The highest BCUT2D eigenvalue weighted by Crippen LogP contribution is 2.33. The number of benzene rings is 3. The van der Waals surface area contributed by atoms with E-state index in [0.29, 0.717) is 42.4 Å². The second kappa shape index (κ2) is 15.3. The number of nitrogens with zero attached hydrogens (tertiary/aromatic N) is 2. The molecule has 0 aromatic heterocycles. The number of amides is 3. The molecule has 0 radical (unpaired) electrons. The van der Waals surface area contributed by atoms with E-state index in [1.54, 1.807) is 19.1 Å². The van der Waals surface area contributed by atoms with Gasteiger partial charge in [-0.05, 0) is 60.2 Å². The van der Waals surface area contributed by atoms with Crippen LogP contribution in [0.2, 0.25) is 0 Å². The average Bonchev–Trinajstić information content (AvgIpc) is 3.46. The summed E-state index contributed by atoms with van der Waals surface area (Å²) in [6.07, 6.45) is 2.12. The van der Waals surface area contributed by atoms with Gasteiger partial charge >= 0.3 is 0 Å². The van der Waals surface area contributed by atoms with Crippen molar-refractivity contribution in [3.05, 3.63) is 83.4 Å². The Labute approximate surface area is 268 Å². The van der Waals surface area contributed by atoms with Gasteiger partial charge in [0.2, 0.25) is 11.8 Å². The Kier molecular flexibility index (Phi) is 11.0. The Morgan fingerprint density at radius 2 is 1.84 bits per heavy atom. The zero-order valence-electron chi connectivity index (χ0n) is 25.8. The molecule has 0 unspecified atom stereocenters. The molecule has 4 bridgehead atoms. The smallest absolute Gasteiger partial charge is 0.255 e. The Hall–Kier alpha value is -4.06. The van der Waals surface area contributed by atoms with Crippen molar-refractivity contribution in [2.24, 2.45) is 0 Å². The summed E-state index contributed by atoms with van der Waals surface area (Å²) in [5.41, 5.74) is 2.39. The highest BCUT2D eigenvalue weighted by Gasteiger charge is 2.38. The van der Waals surface area contributed by atoms with Crippen LogP contribution in [-0.2, 0) is 32.1 Å². The van der Waals surface area contributed by atoms with Gasteiger partial charge in [0.05, 0.1) is 44.6 Å². The first-order valence-corrected chi connectivity index (χ1v) is 16.1. The molecule has 2 heterocycles. The average molecular weight is 634 g/mol. The summed E-state index contributed by atoms with van der Waals surface area (Å²) in [7, 11) is 3.14. The lowest BCUT2D eigenvalue weighted by Gasteiger charge is -2.25. The van der Waals surface area contributed by atoms with Crippen LogP contribution in [0, 0.1) is 0 Å². The number of carbonyl (C=O) groups is 3. The van der Waals surface area contributed by atoms with Gasteiger partial charge in [-0.3, -0.25) is 14.4 Å². The fourth-order valence-corrected chi connectivity index (χ4v) is 6.14. The third-order valence-electron chi connectivity index (χ3n) is 7.94. The maximum Gasteiger partial charge on any atom is 0.255 e. The number of nitrogens with one attached hydrogen (secondary N) is 1. The van der Waals surface area contributed by atoms with E-state index in [-0.39, 0.29) is 50.4 Å². The Morgan fingerprint density at radius 3 is 2.64 bits per heavy atom. The third-order valence-corrected chi connectivity index (χ3v) is 8.73. The monoisotopic (exact) mass is 633 g/mol. The first-order chi connectivity index (χ1) is 21.9. The highest BCUT2D eigenvalue weighted by atomic mass is 32.2. The van der Waals surface area contributed by atoms with Crippen LogP contribution in [0.15, 0.2) is 71.6 Å². The molecule has 0 aliphatic carbocycles. The summed E-state index contributed by atoms with van der Waals surface area (Å²) in [6, 6.07) is 20.2. The molecular formula is C34H39N3O7S. The highest BCUT2D eigenvalue weighted by molar-refractivity contribution is 7.98. The molecule has 2 aliphatic rings. The number of likely N-dealkylation sites (tertiary alicyclic amines) is 1. The van der Waals surface area contributed by atoms with Crippen LogP contribution < -0.4 is 14.8 Å². The van der Waals surface area contributed by atoms with Gasteiger partial charge in [-0.1, -0.05) is 30.3 Å². The summed E-state index contributed by atoms with van der Waals surface area (Å²) in [6.45, 7) is 1.26. The number of methoxy groups -OCH3 is 2. The van der Waals surface area contributed by atoms with Gasteiger partial charge in [-0.25, -0.2) is 0 Å². The van der Waals surface area contributed by atoms with E-state index < -0.39 is 12.1 Å². The number of hydrogen-bond donors (Lipinski definition) is 1. The molecule has 3 aromatic rings. The Bertz CT molecular complexity index is 1520. The lowest BCUT2D eigenvalue weighted by atomic mass is 10.1. The first kappa shape index (κ1) is 32.3. The van der Waals surface area contributed by atoms with Crippen molar-refractivity contribution in [2.75, 3.05) is 53.3 Å². The van der Waals surface area contributed by atoms with Crippen molar-refractivity contribution in [1.82, 2.24) is 15.1 Å². The van der Waals surface area contributed by atoms with E-state index >= 15 is 0 Å². The van der Waals surface area contributed by atoms with Gasteiger partial charge in [0.1, 0.15) is 5.75 Å². The van der Waals surface area contributed by atoms with Gasteiger partial charge in [-0.2, -0.15) is 0 Å².